The lowest BCUT2D eigenvalue weighted by Gasteiger charge is -2.16. The van der Waals surface area contributed by atoms with Crippen molar-refractivity contribution in [2.24, 2.45) is 0 Å². The summed E-state index contributed by atoms with van der Waals surface area (Å²) in [4.78, 5) is 25.3. The molecule has 7 heteroatoms. The number of nitrogens with one attached hydrogen (secondary N) is 2. The lowest BCUT2D eigenvalue weighted by molar-refractivity contribution is 0.101. The van der Waals surface area contributed by atoms with Crippen molar-refractivity contribution < 1.29 is 23.8 Å². The maximum absolute atomic E-state index is 12.7. The van der Waals surface area contributed by atoms with Crippen LogP contribution in [0.25, 0.3) is 0 Å². The van der Waals surface area contributed by atoms with Gasteiger partial charge in [0.2, 0.25) is 0 Å². The van der Waals surface area contributed by atoms with E-state index in [2.05, 4.69) is 10.6 Å². The van der Waals surface area contributed by atoms with Crippen LogP contribution in [0.2, 0.25) is 0 Å². The number of carbonyl (C=O) groups excluding carboxylic acids is 2. The van der Waals surface area contributed by atoms with Gasteiger partial charge in [0.1, 0.15) is 17.2 Å². The third-order valence-corrected chi connectivity index (χ3v) is 4.54. The van der Waals surface area contributed by atoms with Gasteiger partial charge in [0.15, 0.2) is 0 Å². The molecule has 0 heterocycles. The maximum atomic E-state index is 12.7. The van der Waals surface area contributed by atoms with Gasteiger partial charge in [0.05, 0.1) is 31.7 Å². The molecule has 2 amide bonds. The molecule has 32 heavy (non-hydrogen) atoms. The van der Waals surface area contributed by atoms with E-state index in [4.69, 9.17) is 14.2 Å². The van der Waals surface area contributed by atoms with Gasteiger partial charge in [-0.15, -0.1) is 0 Å². The molecule has 2 N–H and O–H groups in total. The number of methoxy groups -OCH3 is 2. The van der Waals surface area contributed by atoms with Crippen molar-refractivity contribution in [2.45, 2.75) is 20.0 Å². The zero-order valence-corrected chi connectivity index (χ0v) is 18.5. The summed E-state index contributed by atoms with van der Waals surface area (Å²) in [6, 6.07) is 18.9. The number of amides is 2. The van der Waals surface area contributed by atoms with Gasteiger partial charge < -0.3 is 24.8 Å². The van der Waals surface area contributed by atoms with E-state index in [1.165, 1.54) is 14.2 Å². The Morgan fingerprint density at radius 2 is 1.19 bits per heavy atom. The molecule has 0 unspecified atom stereocenters. The van der Waals surface area contributed by atoms with Crippen molar-refractivity contribution in [3.63, 3.8) is 0 Å². The monoisotopic (exact) mass is 434 g/mol. The zero-order chi connectivity index (χ0) is 23.1. The largest absolute Gasteiger partial charge is 0.494 e. The molecular formula is C25H26N2O5. The van der Waals surface area contributed by atoms with E-state index in [-0.39, 0.29) is 17.9 Å². The Balaban J connectivity index is 1.81. The van der Waals surface area contributed by atoms with E-state index in [1.807, 2.05) is 19.9 Å². The van der Waals surface area contributed by atoms with Crippen LogP contribution in [0.1, 0.15) is 34.6 Å². The minimum absolute atomic E-state index is 0.0484. The second-order valence-corrected chi connectivity index (χ2v) is 7.22. The van der Waals surface area contributed by atoms with E-state index in [1.54, 1.807) is 60.7 Å². The Bertz CT molecular complexity index is 1080. The first-order chi connectivity index (χ1) is 15.4. The van der Waals surface area contributed by atoms with Crippen LogP contribution >= 0.6 is 0 Å². The molecule has 3 rings (SSSR count). The molecule has 0 aliphatic heterocycles. The fraction of sp³-hybridized carbons (Fsp3) is 0.200. The number of carbonyl (C=O) groups is 2. The first kappa shape index (κ1) is 22.7. The third kappa shape index (κ3) is 5.57. The average molecular weight is 434 g/mol. The molecule has 7 nitrogen and oxygen atoms in total. The number of ether oxygens (including phenoxy) is 3. The summed E-state index contributed by atoms with van der Waals surface area (Å²) in [6.45, 7) is 3.87. The second kappa shape index (κ2) is 10.3. The standard InChI is InChI=1S/C25H26N2O5/c1-16(2)32-19-12-10-18(11-13-19)25(29)27-21-15-22(30-3)20(14-23(21)31-4)26-24(28)17-8-6-5-7-9-17/h5-16H,1-4H3,(H,26,28)(H,27,29). The van der Waals surface area contributed by atoms with E-state index >= 15 is 0 Å². The van der Waals surface area contributed by atoms with Crippen LogP contribution in [0.3, 0.4) is 0 Å². The summed E-state index contributed by atoms with van der Waals surface area (Å²) >= 11 is 0. The lowest BCUT2D eigenvalue weighted by atomic mass is 10.1. The Morgan fingerprint density at radius 3 is 1.62 bits per heavy atom. The third-order valence-electron chi connectivity index (χ3n) is 4.54. The molecule has 0 aliphatic carbocycles. The number of benzene rings is 3. The van der Waals surface area contributed by atoms with E-state index in [9.17, 15) is 9.59 Å². The number of anilines is 2. The predicted molar refractivity (Wildman–Crippen MR) is 124 cm³/mol. The minimum Gasteiger partial charge on any atom is -0.494 e. The minimum atomic E-state index is -0.317. The molecule has 0 radical (unpaired) electrons. The Morgan fingerprint density at radius 1 is 0.719 bits per heavy atom. The molecule has 0 saturated carbocycles. The van der Waals surface area contributed by atoms with Crippen LogP contribution in [-0.4, -0.2) is 32.1 Å². The molecule has 0 aromatic heterocycles. The normalized spacial score (nSPS) is 10.4. The SMILES string of the molecule is COc1cc(NC(=O)c2ccc(OC(C)C)cc2)c(OC)cc1NC(=O)c1ccccc1. The van der Waals surface area contributed by atoms with Gasteiger partial charge in [-0.05, 0) is 50.2 Å². The Kier molecular flexibility index (Phi) is 7.33. The highest BCUT2D eigenvalue weighted by Gasteiger charge is 2.17. The smallest absolute Gasteiger partial charge is 0.255 e. The van der Waals surface area contributed by atoms with Gasteiger partial charge >= 0.3 is 0 Å². The molecule has 0 atom stereocenters. The molecular weight excluding hydrogens is 408 g/mol. The van der Waals surface area contributed by atoms with Gasteiger partial charge in [-0.25, -0.2) is 0 Å². The highest BCUT2D eigenvalue weighted by Crippen LogP contribution is 2.37. The van der Waals surface area contributed by atoms with Crippen molar-refractivity contribution in [1.82, 2.24) is 0 Å². The van der Waals surface area contributed by atoms with Crippen molar-refractivity contribution in [3.05, 3.63) is 77.9 Å². The summed E-state index contributed by atoms with van der Waals surface area (Å²) in [6.07, 6.45) is 0.0484. The highest BCUT2D eigenvalue weighted by atomic mass is 16.5. The van der Waals surface area contributed by atoms with Crippen LogP contribution in [0.15, 0.2) is 66.7 Å². The molecule has 166 valence electrons. The van der Waals surface area contributed by atoms with E-state index in [0.717, 1.165) is 0 Å². The van der Waals surface area contributed by atoms with Crippen LogP contribution in [0.4, 0.5) is 11.4 Å². The summed E-state index contributed by atoms with van der Waals surface area (Å²) in [7, 11) is 2.97. The van der Waals surface area contributed by atoms with E-state index < -0.39 is 0 Å². The summed E-state index contributed by atoms with van der Waals surface area (Å²) in [5.74, 6) is 0.844. The van der Waals surface area contributed by atoms with Gasteiger partial charge in [0.25, 0.3) is 11.8 Å². The Labute approximate surface area is 187 Å². The van der Waals surface area contributed by atoms with Gasteiger partial charge in [-0.3, -0.25) is 9.59 Å². The van der Waals surface area contributed by atoms with Gasteiger partial charge in [-0.2, -0.15) is 0 Å². The van der Waals surface area contributed by atoms with Crippen LogP contribution in [0.5, 0.6) is 17.2 Å². The van der Waals surface area contributed by atoms with E-state index in [0.29, 0.717) is 39.8 Å². The number of hydrogen-bond acceptors (Lipinski definition) is 5. The van der Waals surface area contributed by atoms with Gasteiger partial charge in [0, 0.05) is 23.3 Å². The fourth-order valence-corrected chi connectivity index (χ4v) is 3.03. The molecule has 0 saturated heterocycles. The van der Waals surface area contributed by atoms with Crippen LogP contribution in [0, 0.1) is 0 Å². The number of rotatable bonds is 8. The summed E-state index contributed by atoms with van der Waals surface area (Å²) in [5, 5.41) is 5.64. The topological polar surface area (TPSA) is 85.9 Å². The lowest BCUT2D eigenvalue weighted by Crippen LogP contribution is -2.15. The van der Waals surface area contributed by atoms with Crippen molar-refractivity contribution in [2.75, 3.05) is 24.9 Å². The fourth-order valence-electron chi connectivity index (χ4n) is 3.03. The number of hydrogen-bond donors (Lipinski definition) is 2. The van der Waals surface area contributed by atoms with Crippen molar-refractivity contribution >= 4 is 23.2 Å². The Hall–Kier alpha value is -4.00. The molecule has 0 aliphatic rings. The van der Waals surface area contributed by atoms with Crippen LogP contribution < -0.4 is 24.8 Å². The molecule has 0 bridgehead atoms. The molecule has 0 fully saturated rings. The summed E-state index contributed by atoms with van der Waals surface area (Å²) < 4.78 is 16.5. The first-order valence-electron chi connectivity index (χ1n) is 10.1. The second-order valence-electron chi connectivity index (χ2n) is 7.22. The quantitative estimate of drug-likeness (QED) is 0.521. The zero-order valence-electron chi connectivity index (χ0n) is 18.5. The predicted octanol–water partition coefficient (Wildman–Crippen LogP) is 5.00. The van der Waals surface area contributed by atoms with Crippen molar-refractivity contribution in [3.8, 4) is 17.2 Å². The van der Waals surface area contributed by atoms with Crippen LogP contribution in [-0.2, 0) is 0 Å². The van der Waals surface area contributed by atoms with Gasteiger partial charge in [-0.1, -0.05) is 18.2 Å². The van der Waals surface area contributed by atoms with Crippen molar-refractivity contribution in [1.29, 1.82) is 0 Å². The first-order valence-corrected chi connectivity index (χ1v) is 10.1. The molecule has 3 aromatic rings. The summed E-state index contributed by atoms with van der Waals surface area (Å²) in [5.41, 5.74) is 1.81. The highest BCUT2D eigenvalue weighted by molar-refractivity contribution is 6.07. The molecule has 0 spiro atoms. The maximum Gasteiger partial charge on any atom is 0.255 e. The average Bonchev–Trinajstić information content (AvgIpc) is 2.80. The molecule has 3 aromatic carbocycles.